The molecule has 0 heterocycles. The molecule has 1 aromatic carbocycles. The van der Waals surface area contributed by atoms with E-state index in [1.54, 1.807) is 18.2 Å². The van der Waals surface area contributed by atoms with Gasteiger partial charge in [0.05, 0.1) is 6.61 Å². The van der Waals surface area contributed by atoms with Gasteiger partial charge in [0.1, 0.15) is 12.4 Å². The zero-order valence-electron chi connectivity index (χ0n) is 7.85. The summed E-state index contributed by atoms with van der Waals surface area (Å²) in [4.78, 5) is 0. The van der Waals surface area contributed by atoms with Crippen LogP contribution in [0.25, 0.3) is 0 Å². The fraction of sp³-hybridized carbons (Fsp3) is 0.222. The molecule has 1 rings (SSSR count). The number of rotatable bonds is 4. The number of oxime groups is 1. The Bertz CT molecular complexity index is 368. The van der Waals surface area contributed by atoms with E-state index in [0.29, 0.717) is 15.8 Å². The van der Waals surface area contributed by atoms with Gasteiger partial charge in [-0.15, -0.1) is 0 Å². The summed E-state index contributed by atoms with van der Waals surface area (Å²) in [6.45, 7) is 0.189. The van der Waals surface area contributed by atoms with Gasteiger partial charge in [-0.3, -0.25) is 0 Å². The number of halogens is 1. The molecule has 0 atom stereocenters. The van der Waals surface area contributed by atoms with Crippen LogP contribution in [0.4, 0.5) is 0 Å². The minimum atomic E-state index is -0.0421. The second-order valence-electron chi connectivity index (χ2n) is 2.70. The smallest absolute Gasteiger partial charge is 0.171 e. The van der Waals surface area contributed by atoms with Crippen LogP contribution in [-0.4, -0.2) is 29.4 Å². The van der Waals surface area contributed by atoms with Crippen LogP contribution in [0.15, 0.2) is 27.8 Å². The predicted molar refractivity (Wildman–Crippen MR) is 59.2 cm³/mol. The first-order valence-electron chi connectivity index (χ1n) is 4.20. The lowest BCUT2D eigenvalue weighted by molar-refractivity contribution is 0.201. The molecule has 0 aliphatic carbocycles. The number of amidine groups is 1. The molecule has 5 nitrogen and oxygen atoms in total. The second-order valence-corrected chi connectivity index (χ2v) is 3.55. The minimum Gasteiger partial charge on any atom is -0.491 e. The largest absolute Gasteiger partial charge is 0.491 e. The molecule has 0 unspecified atom stereocenters. The molecule has 82 valence electrons. The van der Waals surface area contributed by atoms with Crippen molar-refractivity contribution in [1.29, 1.82) is 0 Å². The van der Waals surface area contributed by atoms with E-state index in [1.807, 2.05) is 0 Å². The van der Waals surface area contributed by atoms with Crippen molar-refractivity contribution in [2.75, 3.05) is 13.2 Å². The molecule has 0 aromatic heterocycles. The molecule has 1 aromatic rings. The van der Waals surface area contributed by atoms with E-state index >= 15 is 0 Å². The van der Waals surface area contributed by atoms with Gasteiger partial charge in [-0.05, 0) is 34.1 Å². The molecule has 4 N–H and O–H groups in total. The van der Waals surface area contributed by atoms with Crippen LogP contribution in [0.3, 0.4) is 0 Å². The van der Waals surface area contributed by atoms with Crippen molar-refractivity contribution >= 4 is 21.8 Å². The summed E-state index contributed by atoms with van der Waals surface area (Å²) in [5.74, 6) is 0.626. The summed E-state index contributed by atoms with van der Waals surface area (Å²) in [6.07, 6.45) is 0. The fourth-order valence-electron chi connectivity index (χ4n) is 1.01. The van der Waals surface area contributed by atoms with E-state index in [4.69, 9.17) is 20.8 Å². The van der Waals surface area contributed by atoms with Gasteiger partial charge in [-0.1, -0.05) is 5.16 Å². The number of benzene rings is 1. The maximum atomic E-state index is 8.57. The normalized spacial score (nSPS) is 11.5. The Balaban J connectivity index is 2.88. The molecule has 0 aliphatic rings. The number of hydrogen-bond donors (Lipinski definition) is 3. The Hall–Kier alpha value is -1.27. The van der Waals surface area contributed by atoms with Gasteiger partial charge in [0.25, 0.3) is 0 Å². The number of ether oxygens (including phenoxy) is 1. The number of hydrogen-bond acceptors (Lipinski definition) is 4. The molecule has 6 heteroatoms. The zero-order chi connectivity index (χ0) is 11.3. The third kappa shape index (κ3) is 3.10. The van der Waals surface area contributed by atoms with Gasteiger partial charge in [0.2, 0.25) is 0 Å². The molecule has 0 radical (unpaired) electrons. The Morgan fingerprint density at radius 3 is 2.80 bits per heavy atom. The molecular formula is C9H11BrN2O3. The summed E-state index contributed by atoms with van der Waals surface area (Å²) >= 11 is 3.27. The van der Waals surface area contributed by atoms with Crippen molar-refractivity contribution in [2.45, 2.75) is 0 Å². The Kier molecular flexibility index (Phi) is 4.38. The summed E-state index contributed by atoms with van der Waals surface area (Å²) < 4.78 is 5.84. The van der Waals surface area contributed by atoms with E-state index in [-0.39, 0.29) is 19.0 Å². The lowest BCUT2D eigenvalue weighted by Crippen LogP contribution is -2.13. The van der Waals surface area contributed by atoms with Crippen LogP contribution in [0.5, 0.6) is 5.75 Å². The van der Waals surface area contributed by atoms with E-state index in [9.17, 15) is 0 Å². The van der Waals surface area contributed by atoms with Gasteiger partial charge in [0, 0.05) is 10.0 Å². The van der Waals surface area contributed by atoms with E-state index < -0.39 is 0 Å². The topological polar surface area (TPSA) is 88.1 Å². The van der Waals surface area contributed by atoms with Crippen LogP contribution in [0.1, 0.15) is 5.56 Å². The first-order valence-corrected chi connectivity index (χ1v) is 4.99. The van der Waals surface area contributed by atoms with E-state index in [0.717, 1.165) is 0 Å². The maximum Gasteiger partial charge on any atom is 0.171 e. The van der Waals surface area contributed by atoms with Gasteiger partial charge in [-0.25, -0.2) is 0 Å². The molecular weight excluding hydrogens is 264 g/mol. The first kappa shape index (κ1) is 11.8. The number of nitrogens with two attached hydrogens (primary N) is 1. The number of aliphatic hydroxyl groups excluding tert-OH is 1. The number of nitrogens with zero attached hydrogens (tertiary/aromatic N) is 1. The Labute approximate surface area is 95.3 Å². The quantitative estimate of drug-likeness (QED) is 0.330. The molecule has 0 aliphatic heterocycles. The molecule has 0 fully saturated rings. The SMILES string of the molecule is N/C(=N/O)c1ccc(OCCO)cc1Br. The van der Waals surface area contributed by atoms with Crippen LogP contribution >= 0.6 is 15.9 Å². The first-order chi connectivity index (χ1) is 7.19. The van der Waals surface area contributed by atoms with E-state index in [2.05, 4.69) is 21.1 Å². The standard InChI is InChI=1S/C9H11BrN2O3/c10-8-5-6(15-4-3-13)1-2-7(8)9(11)12-14/h1-2,5,13-14H,3-4H2,(H2,11,12). The summed E-state index contributed by atoms with van der Waals surface area (Å²) in [7, 11) is 0. The van der Waals surface area contributed by atoms with Crippen molar-refractivity contribution in [3.63, 3.8) is 0 Å². The maximum absolute atomic E-state index is 8.57. The second kappa shape index (κ2) is 5.57. The average molecular weight is 275 g/mol. The highest BCUT2D eigenvalue weighted by Crippen LogP contribution is 2.22. The van der Waals surface area contributed by atoms with Crippen molar-refractivity contribution in [3.05, 3.63) is 28.2 Å². The van der Waals surface area contributed by atoms with Crippen molar-refractivity contribution in [3.8, 4) is 5.75 Å². The van der Waals surface area contributed by atoms with Gasteiger partial charge < -0.3 is 20.8 Å². The molecule has 0 spiro atoms. The monoisotopic (exact) mass is 274 g/mol. The highest BCUT2D eigenvalue weighted by atomic mass is 79.9. The molecule has 0 amide bonds. The minimum absolute atomic E-state index is 0.0237. The lowest BCUT2D eigenvalue weighted by Gasteiger charge is -2.07. The summed E-state index contributed by atoms with van der Waals surface area (Å²) in [5.41, 5.74) is 6.01. The predicted octanol–water partition coefficient (Wildman–Crippen LogP) is 0.915. The lowest BCUT2D eigenvalue weighted by atomic mass is 10.2. The van der Waals surface area contributed by atoms with E-state index in [1.165, 1.54) is 0 Å². The Morgan fingerprint density at radius 2 is 2.27 bits per heavy atom. The molecule has 15 heavy (non-hydrogen) atoms. The van der Waals surface area contributed by atoms with Gasteiger partial charge in [0.15, 0.2) is 5.84 Å². The average Bonchev–Trinajstić information content (AvgIpc) is 2.25. The molecule has 0 saturated carbocycles. The highest BCUT2D eigenvalue weighted by Gasteiger charge is 2.06. The van der Waals surface area contributed by atoms with Crippen LogP contribution in [0, 0.1) is 0 Å². The van der Waals surface area contributed by atoms with Crippen LogP contribution in [-0.2, 0) is 0 Å². The van der Waals surface area contributed by atoms with Gasteiger partial charge in [-0.2, -0.15) is 0 Å². The van der Waals surface area contributed by atoms with Gasteiger partial charge >= 0.3 is 0 Å². The van der Waals surface area contributed by atoms with Crippen molar-refractivity contribution in [1.82, 2.24) is 0 Å². The van der Waals surface area contributed by atoms with Crippen LogP contribution < -0.4 is 10.5 Å². The Morgan fingerprint density at radius 1 is 1.53 bits per heavy atom. The summed E-state index contributed by atoms with van der Waals surface area (Å²) in [6, 6.07) is 5.02. The number of aliphatic hydroxyl groups is 1. The van der Waals surface area contributed by atoms with Crippen molar-refractivity contribution in [2.24, 2.45) is 10.9 Å². The molecule has 0 saturated heterocycles. The molecule has 0 bridgehead atoms. The third-order valence-electron chi connectivity index (χ3n) is 1.68. The zero-order valence-corrected chi connectivity index (χ0v) is 9.44. The third-order valence-corrected chi connectivity index (χ3v) is 2.34. The van der Waals surface area contributed by atoms with Crippen LogP contribution in [0.2, 0.25) is 0 Å². The highest BCUT2D eigenvalue weighted by molar-refractivity contribution is 9.10. The summed E-state index contributed by atoms with van der Waals surface area (Å²) in [5, 5.41) is 20.0. The van der Waals surface area contributed by atoms with Crippen molar-refractivity contribution < 1.29 is 15.1 Å². The fourth-order valence-corrected chi connectivity index (χ4v) is 1.57.